The van der Waals surface area contributed by atoms with Gasteiger partial charge < -0.3 is 15.0 Å². The quantitative estimate of drug-likeness (QED) is 0.0824. The predicted octanol–water partition coefficient (Wildman–Crippen LogP) is 8.96. The summed E-state index contributed by atoms with van der Waals surface area (Å²) in [5.41, 5.74) is 2.86. The summed E-state index contributed by atoms with van der Waals surface area (Å²) in [5.74, 6) is 0.282. The molecule has 0 aliphatic carbocycles. The van der Waals surface area contributed by atoms with Gasteiger partial charge in [-0.05, 0) is 89.5 Å². The number of carbonyl (C=O) groups is 1. The van der Waals surface area contributed by atoms with Crippen molar-refractivity contribution in [1.82, 2.24) is 14.6 Å². The van der Waals surface area contributed by atoms with E-state index in [1.807, 2.05) is 60.3 Å². The smallest absolute Gasteiger partial charge is 0.418 e. The number of thioether (sulfide) groups is 1. The van der Waals surface area contributed by atoms with Crippen molar-refractivity contribution in [2.75, 3.05) is 55.3 Å². The second-order valence-corrected chi connectivity index (χ2v) is 16.5. The van der Waals surface area contributed by atoms with E-state index in [1.54, 1.807) is 18.3 Å². The molecular weight excluding hydrogens is 784 g/mol. The van der Waals surface area contributed by atoms with Crippen molar-refractivity contribution in [3.05, 3.63) is 144 Å². The maximum absolute atomic E-state index is 14.0. The molecule has 2 N–H and O–H groups in total. The number of aromatic nitrogens is 1. The molecule has 5 aromatic carbocycles. The number of sulfonamides is 1. The number of amides is 1. The Labute approximate surface area is 340 Å². The summed E-state index contributed by atoms with van der Waals surface area (Å²) in [6.45, 7) is 6.59. The largest absolute Gasteiger partial charge is 0.492 e. The highest BCUT2D eigenvalue weighted by molar-refractivity contribution is 7.99. The number of alkyl halides is 3. The lowest BCUT2D eigenvalue weighted by Crippen LogP contribution is -2.46. The van der Waals surface area contributed by atoms with E-state index >= 15 is 0 Å². The molecule has 1 amide bonds. The van der Waals surface area contributed by atoms with Crippen molar-refractivity contribution in [2.45, 2.75) is 29.4 Å². The van der Waals surface area contributed by atoms with Gasteiger partial charge in [-0.25, -0.2) is 13.1 Å². The van der Waals surface area contributed by atoms with Crippen LogP contribution in [-0.4, -0.2) is 69.3 Å². The van der Waals surface area contributed by atoms with Gasteiger partial charge in [-0.2, -0.15) is 13.2 Å². The van der Waals surface area contributed by atoms with Crippen molar-refractivity contribution in [3.8, 4) is 16.9 Å². The Morgan fingerprint density at radius 2 is 1.57 bits per heavy atom. The van der Waals surface area contributed by atoms with Crippen LogP contribution in [0.2, 0.25) is 0 Å². The molecule has 1 aliphatic heterocycles. The van der Waals surface area contributed by atoms with Gasteiger partial charge in [0.2, 0.25) is 0 Å². The zero-order chi connectivity index (χ0) is 40.7. The predicted molar refractivity (Wildman–Crippen MR) is 224 cm³/mol. The molecule has 1 aliphatic rings. The molecule has 0 radical (unpaired) electrons. The van der Waals surface area contributed by atoms with Gasteiger partial charge in [0.15, 0.2) is 0 Å². The number of pyridine rings is 1. The van der Waals surface area contributed by atoms with Crippen LogP contribution in [0.15, 0.2) is 137 Å². The number of fused-ring (bicyclic) bond motifs is 1. The number of piperazine rings is 1. The average molecular weight is 826 g/mol. The average Bonchev–Trinajstić information content (AvgIpc) is 3.23. The van der Waals surface area contributed by atoms with E-state index in [-0.39, 0.29) is 17.8 Å². The number of rotatable bonds is 14. The molecule has 1 saturated heterocycles. The third kappa shape index (κ3) is 9.75. The van der Waals surface area contributed by atoms with Crippen LogP contribution in [0.5, 0.6) is 5.75 Å². The highest BCUT2D eigenvalue weighted by atomic mass is 32.2. The van der Waals surface area contributed by atoms with E-state index < -0.39 is 32.6 Å². The van der Waals surface area contributed by atoms with E-state index in [4.69, 9.17) is 4.74 Å². The van der Waals surface area contributed by atoms with Gasteiger partial charge in [-0.15, -0.1) is 11.8 Å². The molecule has 300 valence electrons. The molecule has 0 saturated carbocycles. The topological polar surface area (TPSA) is 104 Å². The van der Waals surface area contributed by atoms with Crippen LogP contribution >= 0.6 is 11.8 Å². The molecule has 58 heavy (non-hydrogen) atoms. The van der Waals surface area contributed by atoms with Crippen LogP contribution in [0.4, 0.5) is 24.5 Å². The van der Waals surface area contributed by atoms with Gasteiger partial charge in [-0.3, -0.25) is 14.7 Å². The lowest BCUT2D eigenvalue weighted by atomic mass is 9.95. The standard InChI is InChI=1S/C44H42F3N5O4S2/c1-2-56-35-26-33(28-48-29-35)39-18-14-32(38-10-6-7-11-40(38)39)30-51-21-23-52(24-22-51)34-15-12-31(13-16-34)43(53)50-58(54,55)37-17-19-42(41(27-37)44(45,46)47)49-20-25-57-36-8-4-3-5-9-36/h3-19,26-29,49H,2,20-25,30H2,1H3,(H,50,53). The number of nitrogens with zero attached hydrogens (tertiary/aromatic N) is 3. The van der Waals surface area contributed by atoms with Crippen molar-refractivity contribution < 1.29 is 31.1 Å². The zero-order valence-corrected chi connectivity index (χ0v) is 33.3. The summed E-state index contributed by atoms with van der Waals surface area (Å²) >= 11 is 1.48. The Morgan fingerprint density at radius 3 is 2.29 bits per heavy atom. The van der Waals surface area contributed by atoms with Crippen LogP contribution in [-0.2, 0) is 22.7 Å². The lowest BCUT2D eigenvalue weighted by molar-refractivity contribution is -0.137. The fraction of sp³-hybridized carbons (Fsp3) is 0.227. The number of ether oxygens (including phenoxy) is 1. The number of nitrogens with one attached hydrogen (secondary N) is 2. The molecule has 9 nitrogen and oxygen atoms in total. The molecule has 7 rings (SSSR count). The molecule has 1 fully saturated rings. The van der Waals surface area contributed by atoms with Gasteiger partial charge in [0.05, 0.1) is 23.3 Å². The van der Waals surface area contributed by atoms with Crippen LogP contribution in [0.25, 0.3) is 21.9 Å². The zero-order valence-electron chi connectivity index (χ0n) is 31.7. The SMILES string of the molecule is CCOc1cncc(-c2ccc(CN3CCN(c4ccc(C(=O)NS(=O)(=O)c5ccc(NCCSc6ccccc6)c(C(F)(F)F)c5)cc4)CC3)c3ccccc23)c1. The van der Waals surface area contributed by atoms with Crippen LogP contribution in [0.3, 0.4) is 0 Å². The van der Waals surface area contributed by atoms with E-state index in [9.17, 15) is 26.4 Å². The monoisotopic (exact) mass is 825 g/mol. The highest BCUT2D eigenvalue weighted by Crippen LogP contribution is 2.37. The second kappa shape index (κ2) is 17.9. The first-order chi connectivity index (χ1) is 28.0. The van der Waals surface area contributed by atoms with Crippen molar-refractivity contribution >= 4 is 49.8 Å². The molecule has 2 heterocycles. The van der Waals surface area contributed by atoms with Crippen LogP contribution in [0.1, 0.15) is 28.4 Å². The lowest BCUT2D eigenvalue weighted by Gasteiger charge is -2.36. The number of halogens is 3. The van der Waals surface area contributed by atoms with Gasteiger partial charge in [0.1, 0.15) is 5.75 Å². The molecule has 0 bridgehead atoms. The third-order valence-electron chi connectivity index (χ3n) is 9.87. The minimum Gasteiger partial charge on any atom is -0.492 e. The maximum Gasteiger partial charge on any atom is 0.418 e. The minimum atomic E-state index is -4.83. The molecule has 1 aromatic heterocycles. The van der Waals surface area contributed by atoms with Crippen molar-refractivity contribution in [2.24, 2.45) is 0 Å². The number of carbonyl (C=O) groups excluding carboxylic acids is 1. The van der Waals surface area contributed by atoms with Gasteiger partial charge in [0, 0.05) is 78.6 Å². The second-order valence-electron chi connectivity index (χ2n) is 13.7. The molecule has 0 atom stereocenters. The van der Waals surface area contributed by atoms with E-state index in [0.717, 1.165) is 77.7 Å². The maximum atomic E-state index is 14.0. The Bertz CT molecular complexity index is 2480. The summed E-state index contributed by atoms with van der Waals surface area (Å²) < 4.78 is 76.0. The number of anilines is 2. The summed E-state index contributed by atoms with van der Waals surface area (Å²) in [5, 5.41) is 5.09. The normalized spacial score (nSPS) is 13.7. The molecular formula is C44H42F3N5O4S2. The Morgan fingerprint density at radius 1 is 0.845 bits per heavy atom. The summed E-state index contributed by atoms with van der Waals surface area (Å²) in [6, 6.07) is 33.4. The van der Waals surface area contributed by atoms with E-state index in [0.29, 0.717) is 18.4 Å². The Kier molecular flexibility index (Phi) is 12.6. The van der Waals surface area contributed by atoms with Gasteiger partial charge >= 0.3 is 6.18 Å². The first kappa shape index (κ1) is 40.6. The number of hydrogen-bond acceptors (Lipinski definition) is 9. The summed E-state index contributed by atoms with van der Waals surface area (Å²) in [7, 11) is -4.62. The number of benzene rings is 5. The minimum absolute atomic E-state index is 0.0620. The first-order valence-electron chi connectivity index (χ1n) is 18.8. The van der Waals surface area contributed by atoms with E-state index in [2.05, 4.69) is 50.4 Å². The van der Waals surface area contributed by atoms with Crippen molar-refractivity contribution in [3.63, 3.8) is 0 Å². The highest BCUT2D eigenvalue weighted by Gasteiger charge is 2.35. The Hall–Kier alpha value is -5.57. The third-order valence-corrected chi connectivity index (χ3v) is 12.2. The molecule has 0 spiro atoms. The van der Waals surface area contributed by atoms with Gasteiger partial charge in [-0.1, -0.05) is 54.6 Å². The van der Waals surface area contributed by atoms with E-state index in [1.165, 1.54) is 34.8 Å². The van der Waals surface area contributed by atoms with Crippen LogP contribution < -0.4 is 19.7 Å². The van der Waals surface area contributed by atoms with Crippen LogP contribution in [0, 0.1) is 0 Å². The Balaban J connectivity index is 0.949. The van der Waals surface area contributed by atoms with Crippen molar-refractivity contribution in [1.29, 1.82) is 0 Å². The van der Waals surface area contributed by atoms with Gasteiger partial charge in [0.25, 0.3) is 15.9 Å². The fourth-order valence-corrected chi connectivity index (χ4v) is 8.77. The summed E-state index contributed by atoms with van der Waals surface area (Å²) in [6.07, 6.45) is -1.26. The first-order valence-corrected chi connectivity index (χ1v) is 21.3. The number of hydrogen-bond donors (Lipinski definition) is 2. The molecule has 6 aromatic rings. The summed E-state index contributed by atoms with van der Waals surface area (Å²) in [4.78, 5) is 22.4. The molecule has 0 unspecified atom stereocenters. The fourth-order valence-electron chi connectivity index (χ4n) is 6.98. The molecule has 14 heteroatoms.